The molecule has 0 bridgehead atoms. The molecule has 1 saturated carbocycles. The van der Waals surface area contributed by atoms with Crippen molar-refractivity contribution in [1.82, 2.24) is 15.3 Å². The highest BCUT2D eigenvalue weighted by atomic mass is 16.5. The van der Waals surface area contributed by atoms with Crippen LogP contribution >= 0.6 is 0 Å². The van der Waals surface area contributed by atoms with Crippen LogP contribution in [0.25, 0.3) is 0 Å². The van der Waals surface area contributed by atoms with Gasteiger partial charge in [-0.05, 0) is 38.5 Å². The van der Waals surface area contributed by atoms with Crippen molar-refractivity contribution < 1.29 is 4.74 Å². The maximum atomic E-state index is 5.71. The number of anilines is 1. The van der Waals surface area contributed by atoms with Gasteiger partial charge in [0.2, 0.25) is 0 Å². The van der Waals surface area contributed by atoms with Crippen molar-refractivity contribution in [2.24, 2.45) is 0 Å². The van der Waals surface area contributed by atoms with E-state index in [1.54, 1.807) is 6.33 Å². The normalized spacial score (nSPS) is 25.7. The second-order valence-corrected chi connectivity index (χ2v) is 6.43. The van der Waals surface area contributed by atoms with Crippen LogP contribution < -0.4 is 10.2 Å². The highest BCUT2D eigenvalue weighted by Gasteiger charge is 2.30. The molecule has 1 N–H and O–H groups in total. The van der Waals surface area contributed by atoms with E-state index in [1.807, 2.05) is 0 Å². The summed E-state index contributed by atoms with van der Waals surface area (Å²) in [6.45, 7) is 3.56. The Morgan fingerprint density at radius 3 is 3.05 bits per heavy atom. The molecule has 1 unspecified atom stereocenters. The van der Waals surface area contributed by atoms with Crippen molar-refractivity contribution in [3.05, 3.63) is 17.6 Å². The number of nitrogens with one attached hydrogen (secondary N) is 1. The largest absolute Gasteiger partial charge is 0.377 e. The summed E-state index contributed by atoms with van der Waals surface area (Å²) in [5, 5.41) is 3.64. The second-order valence-electron chi connectivity index (χ2n) is 6.43. The van der Waals surface area contributed by atoms with Gasteiger partial charge in [0, 0.05) is 30.4 Å². The van der Waals surface area contributed by atoms with Gasteiger partial charge in [0.15, 0.2) is 0 Å². The van der Waals surface area contributed by atoms with Crippen LogP contribution in [0.4, 0.5) is 5.82 Å². The maximum Gasteiger partial charge on any atom is 0.135 e. The third-order valence-electron chi connectivity index (χ3n) is 4.82. The predicted octanol–water partition coefficient (Wildman–Crippen LogP) is 1.31. The van der Waals surface area contributed by atoms with Crippen molar-refractivity contribution in [2.45, 2.75) is 50.6 Å². The molecular weight excluding hydrogens is 264 g/mol. The Balaban J connectivity index is 1.56. The van der Waals surface area contributed by atoms with Crippen LogP contribution in [0.3, 0.4) is 0 Å². The van der Waals surface area contributed by atoms with Gasteiger partial charge in [-0.1, -0.05) is 0 Å². The van der Waals surface area contributed by atoms with Crippen LogP contribution in [-0.2, 0) is 17.6 Å². The van der Waals surface area contributed by atoms with Gasteiger partial charge in [0.05, 0.1) is 19.3 Å². The molecule has 3 aliphatic rings. The fourth-order valence-electron chi connectivity index (χ4n) is 3.44. The summed E-state index contributed by atoms with van der Waals surface area (Å²) < 4.78 is 5.71. The summed E-state index contributed by atoms with van der Waals surface area (Å²) in [4.78, 5) is 11.6. The lowest BCUT2D eigenvalue weighted by atomic mass is 9.96. The first-order valence-corrected chi connectivity index (χ1v) is 8.32. The minimum absolute atomic E-state index is 0.403. The van der Waals surface area contributed by atoms with E-state index < -0.39 is 0 Å². The number of fused-ring (bicyclic) bond motifs is 1. The molecule has 1 aromatic heterocycles. The smallest absolute Gasteiger partial charge is 0.135 e. The molecule has 5 heteroatoms. The highest BCUT2D eigenvalue weighted by molar-refractivity contribution is 5.51. The molecule has 1 aromatic rings. The van der Waals surface area contributed by atoms with Gasteiger partial charge in [0.1, 0.15) is 12.1 Å². The number of hydrogen-bond acceptors (Lipinski definition) is 5. The molecule has 2 aliphatic carbocycles. The number of nitrogens with zero attached hydrogens (tertiary/aromatic N) is 3. The van der Waals surface area contributed by atoms with Crippen LogP contribution in [0.15, 0.2) is 6.33 Å². The quantitative estimate of drug-likeness (QED) is 0.905. The van der Waals surface area contributed by atoms with Crippen LogP contribution in [-0.4, -0.2) is 48.4 Å². The molecule has 0 spiro atoms. The minimum Gasteiger partial charge on any atom is -0.377 e. The summed E-state index contributed by atoms with van der Waals surface area (Å²) in [5.41, 5.74) is 2.66. The third kappa shape index (κ3) is 2.90. The van der Waals surface area contributed by atoms with Gasteiger partial charge < -0.3 is 15.0 Å². The van der Waals surface area contributed by atoms with Gasteiger partial charge in [-0.15, -0.1) is 0 Å². The zero-order valence-corrected chi connectivity index (χ0v) is 12.6. The fraction of sp³-hybridized carbons (Fsp3) is 0.750. The summed E-state index contributed by atoms with van der Waals surface area (Å²) in [6.07, 6.45) is 9.18. The average molecular weight is 288 g/mol. The SMILES string of the molecule is c1nc2c(c(N3CCOCC3CNC3CC3)n1)CCCC2. The van der Waals surface area contributed by atoms with Gasteiger partial charge in [-0.25, -0.2) is 9.97 Å². The Kier molecular flexibility index (Phi) is 3.78. The molecule has 1 atom stereocenters. The first-order valence-electron chi connectivity index (χ1n) is 8.32. The van der Waals surface area contributed by atoms with Crippen molar-refractivity contribution in [3.8, 4) is 0 Å². The number of hydrogen-bond donors (Lipinski definition) is 1. The number of morpholine rings is 1. The van der Waals surface area contributed by atoms with Crippen molar-refractivity contribution in [1.29, 1.82) is 0 Å². The monoisotopic (exact) mass is 288 g/mol. The highest BCUT2D eigenvalue weighted by Crippen LogP contribution is 2.29. The number of ether oxygens (including phenoxy) is 1. The van der Waals surface area contributed by atoms with Gasteiger partial charge >= 0.3 is 0 Å². The molecule has 2 heterocycles. The van der Waals surface area contributed by atoms with Crippen LogP contribution in [0.1, 0.15) is 36.9 Å². The van der Waals surface area contributed by atoms with Crippen molar-refractivity contribution in [2.75, 3.05) is 31.2 Å². The Labute approximate surface area is 126 Å². The lowest BCUT2D eigenvalue weighted by Gasteiger charge is -2.38. The van der Waals surface area contributed by atoms with E-state index in [-0.39, 0.29) is 0 Å². The van der Waals surface area contributed by atoms with Crippen LogP contribution in [0, 0.1) is 0 Å². The van der Waals surface area contributed by atoms with E-state index >= 15 is 0 Å². The second kappa shape index (κ2) is 5.89. The Hall–Kier alpha value is -1.20. The Morgan fingerprint density at radius 2 is 2.14 bits per heavy atom. The summed E-state index contributed by atoms with van der Waals surface area (Å²) >= 11 is 0. The van der Waals surface area contributed by atoms with E-state index in [0.29, 0.717) is 6.04 Å². The summed E-state index contributed by atoms with van der Waals surface area (Å²) in [7, 11) is 0. The molecule has 1 saturated heterocycles. The summed E-state index contributed by atoms with van der Waals surface area (Å²) in [6, 6.07) is 1.15. The summed E-state index contributed by atoms with van der Waals surface area (Å²) in [5.74, 6) is 1.17. The standard InChI is InChI=1S/C16H24N4O/c1-2-4-15-14(3-1)16(19-11-18-15)20-7-8-21-10-13(20)9-17-12-5-6-12/h11-13,17H,1-10H2. The lowest BCUT2D eigenvalue weighted by molar-refractivity contribution is 0.0931. The topological polar surface area (TPSA) is 50.3 Å². The Bertz CT molecular complexity index is 503. The zero-order valence-electron chi connectivity index (χ0n) is 12.6. The minimum atomic E-state index is 0.403. The molecule has 0 aromatic carbocycles. The van der Waals surface area contributed by atoms with Crippen molar-refractivity contribution >= 4 is 5.82 Å². The average Bonchev–Trinajstić information content (AvgIpc) is 3.37. The lowest BCUT2D eigenvalue weighted by Crippen LogP contribution is -2.51. The van der Waals surface area contributed by atoms with Gasteiger partial charge in [0.25, 0.3) is 0 Å². The number of aromatic nitrogens is 2. The molecule has 2 fully saturated rings. The van der Waals surface area contributed by atoms with E-state index in [2.05, 4.69) is 20.2 Å². The molecule has 5 nitrogen and oxygen atoms in total. The van der Waals surface area contributed by atoms with Crippen LogP contribution in [0.5, 0.6) is 0 Å². The first-order chi connectivity index (χ1) is 10.4. The van der Waals surface area contributed by atoms with Gasteiger partial charge in [-0.3, -0.25) is 0 Å². The van der Waals surface area contributed by atoms with E-state index in [0.717, 1.165) is 45.2 Å². The van der Waals surface area contributed by atoms with Gasteiger partial charge in [-0.2, -0.15) is 0 Å². The van der Waals surface area contributed by atoms with E-state index in [1.165, 1.54) is 42.8 Å². The Morgan fingerprint density at radius 1 is 1.24 bits per heavy atom. The third-order valence-corrected chi connectivity index (χ3v) is 4.82. The molecular formula is C16H24N4O. The van der Waals surface area contributed by atoms with Crippen LogP contribution in [0.2, 0.25) is 0 Å². The predicted molar refractivity (Wildman–Crippen MR) is 81.7 cm³/mol. The van der Waals surface area contributed by atoms with Crippen molar-refractivity contribution in [3.63, 3.8) is 0 Å². The first kappa shape index (κ1) is 13.5. The molecule has 0 amide bonds. The fourth-order valence-corrected chi connectivity index (χ4v) is 3.44. The molecule has 21 heavy (non-hydrogen) atoms. The molecule has 114 valence electrons. The zero-order chi connectivity index (χ0) is 14.1. The number of aryl methyl sites for hydroxylation is 1. The molecule has 4 rings (SSSR count). The number of rotatable bonds is 4. The maximum absolute atomic E-state index is 5.71. The van der Waals surface area contributed by atoms with E-state index in [4.69, 9.17) is 4.74 Å². The molecule has 1 aliphatic heterocycles. The van der Waals surface area contributed by atoms with E-state index in [9.17, 15) is 0 Å². The molecule has 0 radical (unpaired) electrons.